The molecular weight excluding hydrogens is 392 g/mol. The van der Waals surface area contributed by atoms with Gasteiger partial charge in [0.15, 0.2) is 0 Å². The Morgan fingerprint density at radius 3 is 2.23 bits per heavy atom. The van der Waals surface area contributed by atoms with E-state index in [0.29, 0.717) is 24.5 Å². The van der Waals surface area contributed by atoms with Crippen molar-refractivity contribution in [3.8, 4) is 0 Å². The minimum atomic E-state index is -0.123. The molecule has 1 saturated heterocycles. The normalized spacial score (nSPS) is 15.5. The van der Waals surface area contributed by atoms with Gasteiger partial charge in [0.05, 0.1) is 19.8 Å². The maximum Gasteiger partial charge on any atom is 0.238 e. The summed E-state index contributed by atoms with van der Waals surface area (Å²) in [5.41, 5.74) is 2.60. The lowest BCUT2D eigenvalue weighted by molar-refractivity contribution is -0.118. The summed E-state index contributed by atoms with van der Waals surface area (Å²) in [6.07, 6.45) is 0. The van der Waals surface area contributed by atoms with Gasteiger partial charge in [0.1, 0.15) is 0 Å². The van der Waals surface area contributed by atoms with Crippen LogP contribution in [-0.4, -0.2) is 67.0 Å². The topological polar surface area (TPSA) is 73.9 Å². The summed E-state index contributed by atoms with van der Waals surface area (Å²) in [6, 6.07) is 17.6. The zero-order chi connectivity index (χ0) is 22.1. The number of ether oxygens (including phenoxy) is 1. The Kier molecular flexibility index (Phi) is 8.58. The Bertz CT molecular complexity index is 836. The van der Waals surface area contributed by atoms with E-state index < -0.39 is 0 Å². The SMILES string of the molecule is CC(=O)Nc1ccc(NC(=O)CN(Cc2ccccc2)C(C)CN2CCOCC2)cc1. The van der Waals surface area contributed by atoms with Crippen LogP contribution in [-0.2, 0) is 20.9 Å². The summed E-state index contributed by atoms with van der Waals surface area (Å²) >= 11 is 0. The zero-order valence-electron chi connectivity index (χ0n) is 18.3. The Morgan fingerprint density at radius 1 is 1.00 bits per heavy atom. The standard InChI is InChI=1S/C24H32N4O3/c1-19(16-27-12-14-31-15-13-27)28(17-21-6-4-3-5-7-21)18-24(30)26-23-10-8-22(9-11-23)25-20(2)29/h3-11,19H,12-18H2,1-2H3,(H,25,29)(H,26,30). The fourth-order valence-electron chi connectivity index (χ4n) is 3.68. The van der Waals surface area contributed by atoms with Gasteiger partial charge >= 0.3 is 0 Å². The number of carbonyl (C=O) groups excluding carboxylic acids is 2. The number of rotatable bonds is 9. The molecule has 0 aliphatic carbocycles. The number of hydrogen-bond acceptors (Lipinski definition) is 5. The first-order chi connectivity index (χ1) is 15.0. The van der Waals surface area contributed by atoms with Crippen molar-refractivity contribution in [1.82, 2.24) is 9.80 Å². The van der Waals surface area contributed by atoms with Crippen molar-refractivity contribution in [2.75, 3.05) is 50.0 Å². The van der Waals surface area contributed by atoms with Gasteiger partial charge in [0.25, 0.3) is 0 Å². The maximum atomic E-state index is 12.8. The van der Waals surface area contributed by atoms with Crippen LogP contribution in [0.4, 0.5) is 11.4 Å². The average Bonchev–Trinajstić information content (AvgIpc) is 2.76. The molecule has 0 saturated carbocycles. The first-order valence-electron chi connectivity index (χ1n) is 10.7. The van der Waals surface area contributed by atoms with E-state index in [1.165, 1.54) is 12.5 Å². The van der Waals surface area contributed by atoms with Crippen LogP contribution >= 0.6 is 0 Å². The second-order valence-corrected chi connectivity index (χ2v) is 7.96. The van der Waals surface area contributed by atoms with E-state index in [2.05, 4.69) is 39.5 Å². The van der Waals surface area contributed by atoms with Crippen LogP contribution in [0.1, 0.15) is 19.4 Å². The van der Waals surface area contributed by atoms with Gasteiger partial charge in [-0.25, -0.2) is 0 Å². The lowest BCUT2D eigenvalue weighted by atomic mass is 10.1. The molecule has 1 aliphatic rings. The summed E-state index contributed by atoms with van der Waals surface area (Å²) in [5, 5.41) is 5.70. The van der Waals surface area contributed by atoms with Gasteiger partial charge in [0, 0.05) is 50.5 Å². The molecule has 166 valence electrons. The molecule has 1 unspecified atom stereocenters. The van der Waals surface area contributed by atoms with E-state index in [4.69, 9.17) is 4.74 Å². The summed E-state index contributed by atoms with van der Waals surface area (Å²) in [4.78, 5) is 28.6. The molecular formula is C24H32N4O3. The third-order valence-corrected chi connectivity index (χ3v) is 5.31. The van der Waals surface area contributed by atoms with Gasteiger partial charge in [-0.2, -0.15) is 0 Å². The van der Waals surface area contributed by atoms with Crippen molar-refractivity contribution in [3.63, 3.8) is 0 Å². The quantitative estimate of drug-likeness (QED) is 0.648. The van der Waals surface area contributed by atoms with E-state index in [9.17, 15) is 9.59 Å². The number of benzene rings is 2. The Morgan fingerprint density at radius 2 is 1.61 bits per heavy atom. The van der Waals surface area contributed by atoms with Gasteiger partial charge < -0.3 is 15.4 Å². The fourth-order valence-corrected chi connectivity index (χ4v) is 3.68. The molecule has 7 nitrogen and oxygen atoms in total. The van der Waals surface area contributed by atoms with Crippen LogP contribution in [0.5, 0.6) is 0 Å². The van der Waals surface area contributed by atoms with E-state index >= 15 is 0 Å². The molecule has 0 aromatic heterocycles. The third-order valence-electron chi connectivity index (χ3n) is 5.31. The summed E-state index contributed by atoms with van der Waals surface area (Å²) in [5.74, 6) is -0.181. The summed E-state index contributed by atoms with van der Waals surface area (Å²) in [6.45, 7) is 8.93. The smallest absolute Gasteiger partial charge is 0.238 e. The first-order valence-corrected chi connectivity index (χ1v) is 10.7. The molecule has 2 N–H and O–H groups in total. The van der Waals surface area contributed by atoms with Crippen LogP contribution in [0.15, 0.2) is 54.6 Å². The molecule has 1 heterocycles. The number of nitrogens with one attached hydrogen (secondary N) is 2. The molecule has 1 fully saturated rings. The van der Waals surface area contributed by atoms with Gasteiger partial charge in [-0.05, 0) is 36.8 Å². The van der Waals surface area contributed by atoms with Crippen molar-refractivity contribution in [1.29, 1.82) is 0 Å². The molecule has 7 heteroatoms. The van der Waals surface area contributed by atoms with Crippen LogP contribution in [0.25, 0.3) is 0 Å². The second-order valence-electron chi connectivity index (χ2n) is 7.96. The van der Waals surface area contributed by atoms with Crippen molar-refractivity contribution < 1.29 is 14.3 Å². The van der Waals surface area contributed by atoms with Crippen LogP contribution in [0.2, 0.25) is 0 Å². The largest absolute Gasteiger partial charge is 0.379 e. The number of nitrogens with zero attached hydrogens (tertiary/aromatic N) is 2. The molecule has 0 spiro atoms. The van der Waals surface area contributed by atoms with Crippen molar-refractivity contribution in [2.24, 2.45) is 0 Å². The summed E-state index contributed by atoms with van der Waals surface area (Å²) < 4.78 is 5.46. The lowest BCUT2D eigenvalue weighted by Crippen LogP contribution is -2.47. The molecule has 2 aromatic carbocycles. The average molecular weight is 425 g/mol. The van der Waals surface area contributed by atoms with Crippen molar-refractivity contribution >= 4 is 23.2 Å². The second kappa shape index (κ2) is 11.6. The molecule has 0 bridgehead atoms. The van der Waals surface area contributed by atoms with Crippen LogP contribution < -0.4 is 10.6 Å². The molecule has 1 aliphatic heterocycles. The third kappa shape index (κ3) is 7.79. The minimum Gasteiger partial charge on any atom is -0.379 e. The number of anilines is 2. The predicted octanol–water partition coefficient (Wildman–Crippen LogP) is 2.81. The molecule has 3 rings (SSSR count). The van der Waals surface area contributed by atoms with E-state index in [0.717, 1.165) is 32.8 Å². The first kappa shape index (κ1) is 22.9. The molecule has 31 heavy (non-hydrogen) atoms. The highest BCUT2D eigenvalue weighted by Gasteiger charge is 2.21. The number of carbonyl (C=O) groups is 2. The molecule has 2 amide bonds. The van der Waals surface area contributed by atoms with E-state index in [1.807, 2.05) is 18.2 Å². The van der Waals surface area contributed by atoms with Gasteiger partial charge in [-0.15, -0.1) is 0 Å². The number of hydrogen-bond donors (Lipinski definition) is 2. The molecule has 1 atom stereocenters. The van der Waals surface area contributed by atoms with Crippen molar-refractivity contribution in [3.05, 3.63) is 60.2 Å². The highest BCUT2D eigenvalue weighted by atomic mass is 16.5. The highest BCUT2D eigenvalue weighted by molar-refractivity contribution is 5.93. The lowest BCUT2D eigenvalue weighted by Gasteiger charge is -2.34. The monoisotopic (exact) mass is 424 g/mol. The van der Waals surface area contributed by atoms with E-state index in [1.54, 1.807) is 24.3 Å². The Hall–Kier alpha value is -2.74. The Labute approximate surface area is 184 Å². The number of morpholine rings is 1. The maximum absolute atomic E-state index is 12.8. The van der Waals surface area contributed by atoms with E-state index in [-0.39, 0.29) is 17.9 Å². The predicted molar refractivity (Wildman–Crippen MR) is 123 cm³/mol. The number of amides is 2. The highest BCUT2D eigenvalue weighted by Crippen LogP contribution is 2.15. The molecule has 2 aromatic rings. The fraction of sp³-hybridized carbons (Fsp3) is 0.417. The summed E-state index contributed by atoms with van der Waals surface area (Å²) in [7, 11) is 0. The zero-order valence-corrected chi connectivity index (χ0v) is 18.3. The minimum absolute atomic E-state index is 0.0583. The van der Waals surface area contributed by atoms with Gasteiger partial charge in [-0.3, -0.25) is 19.4 Å². The van der Waals surface area contributed by atoms with Crippen molar-refractivity contribution in [2.45, 2.75) is 26.4 Å². The Balaban J connectivity index is 1.62. The van der Waals surface area contributed by atoms with Gasteiger partial charge in [0.2, 0.25) is 11.8 Å². The van der Waals surface area contributed by atoms with Crippen LogP contribution in [0.3, 0.4) is 0 Å². The van der Waals surface area contributed by atoms with Gasteiger partial charge in [-0.1, -0.05) is 30.3 Å². The molecule has 0 radical (unpaired) electrons. The van der Waals surface area contributed by atoms with Crippen LogP contribution in [0, 0.1) is 0 Å².